The summed E-state index contributed by atoms with van der Waals surface area (Å²) in [5.74, 6) is -0.882. The maximum absolute atomic E-state index is 11.5. The van der Waals surface area contributed by atoms with Crippen LogP contribution < -0.4 is 4.87 Å². The smallest absolute Gasteiger partial charge is 0.307 e. The van der Waals surface area contributed by atoms with Crippen molar-refractivity contribution in [2.45, 2.75) is 39.2 Å². The number of hydrogen-bond acceptors (Lipinski definition) is 3. The van der Waals surface area contributed by atoms with Crippen LogP contribution in [-0.4, -0.2) is 15.6 Å². The van der Waals surface area contributed by atoms with E-state index < -0.39 is 5.97 Å². The van der Waals surface area contributed by atoms with Crippen LogP contribution in [0.1, 0.15) is 32.9 Å². The van der Waals surface area contributed by atoms with Crippen molar-refractivity contribution in [3.8, 4) is 0 Å². The molecular formula is C10H15NO3S. The molecule has 0 aromatic carbocycles. The van der Waals surface area contributed by atoms with E-state index in [0.29, 0.717) is 0 Å². The summed E-state index contributed by atoms with van der Waals surface area (Å²) in [5, 5.41) is 10.4. The SMILES string of the molecule is CC(C)(C)c1csc(=O)n1CCC(=O)O. The van der Waals surface area contributed by atoms with Gasteiger partial charge >= 0.3 is 10.8 Å². The van der Waals surface area contributed by atoms with E-state index in [-0.39, 0.29) is 23.3 Å². The Labute approximate surface area is 92.2 Å². The molecule has 0 spiro atoms. The molecule has 0 fully saturated rings. The van der Waals surface area contributed by atoms with Gasteiger partial charge in [0.15, 0.2) is 0 Å². The largest absolute Gasteiger partial charge is 0.481 e. The van der Waals surface area contributed by atoms with Crippen LogP contribution in [0.5, 0.6) is 0 Å². The Morgan fingerprint density at radius 2 is 2.13 bits per heavy atom. The predicted octanol–water partition coefficient (Wildman–Crippen LogP) is 1.68. The number of carbonyl (C=O) groups is 1. The van der Waals surface area contributed by atoms with E-state index >= 15 is 0 Å². The minimum atomic E-state index is -0.882. The summed E-state index contributed by atoms with van der Waals surface area (Å²) in [5.41, 5.74) is 0.774. The van der Waals surface area contributed by atoms with E-state index in [2.05, 4.69) is 0 Å². The molecule has 1 aromatic rings. The summed E-state index contributed by atoms with van der Waals surface area (Å²) in [6, 6.07) is 0. The number of thiazole rings is 1. The molecule has 0 saturated heterocycles. The molecule has 0 aliphatic rings. The second-order valence-electron chi connectivity index (χ2n) is 4.43. The van der Waals surface area contributed by atoms with Gasteiger partial charge in [0, 0.05) is 23.0 Å². The molecule has 1 rings (SSSR count). The lowest BCUT2D eigenvalue weighted by Crippen LogP contribution is -2.24. The molecule has 0 radical (unpaired) electrons. The van der Waals surface area contributed by atoms with Crippen LogP contribution in [0.15, 0.2) is 10.2 Å². The highest BCUT2D eigenvalue weighted by molar-refractivity contribution is 7.07. The van der Waals surface area contributed by atoms with Gasteiger partial charge in [-0.1, -0.05) is 32.1 Å². The Bertz CT molecular complexity index is 411. The normalized spacial score (nSPS) is 11.7. The van der Waals surface area contributed by atoms with Crippen LogP contribution in [0.25, 0.3) is 0 Å². The first kappa shape index (κ1) is 12.0. The monoisotopic (exact) mass is 229 g/mol. The molecule has 1 N–H and O–H groups in total. The topological polar surface area (TPSA) is 59.3 Å². The maximum atomic E-state index is 11.5. The van der Waals surface area contributed by atoms with Crippen molar-refractivity contribution in [3.05, 3.63) is 20.7 Å². The third-order valence-corrected chi connectivity index (χ3v) is 2.86. The average molecular weight is 229 g/mol. The number of aromatic nitrogens is 1. The zero-order chi connectivity index (χ0) is 11.6. The fraction of sp³-hybridized carbons (Fsp3) is 0.600. The highest BCUT2D eigenvalue weighted by Crippen LogP contribution is 2.22. The minimum Gasteiger partial charge on any atom is -0.481 e. The van der Waals surface area contributed by atoms with E-state index in [9.17, 15) is 9.59 Å². The summed E-state index contributed by atoms with van der Waals surface area (Å²) < 4.78 is 1.55. The van der Waals surface area contributed by atoms with Gasteiger partial charge in [-0.05, 0) is 0 Å². The quantitative estimate of drug-likeness (QED) is 0.858. The predicted molar refractivity (Wildman–Crippen MR) is 59.5 cm³/mol. The van der Waals surface area contributed by atoms with Crippen molar-refractivity contribution in [2.75, 3.05) is 0 Å². The van der Waals surface area contributed by atoms with E-state index in [1.807, 2.05) is 26.2 Å². The first-order valence-electron chi connectivity index (χ1n) is 4.73. The van der Waals surface area contributed by atoms with Gasteiger partial charge in [0.25, 0.3) is 0 Å². The lowest BCUT2D eigenvalue weighted by molar-refractivity contribution is -0.137. The third kappa shape index (κ3) is 2.92. The number of carboxylic acids is 1. The van der Waals surface area contributed by atoms with Gasteiger partial charge in [-0.15, -0.1) is 0 Å². The molecule has 84 valence electrons. The number of rotatable bonds is 3. The molecule has 0 bridgehead atoms. The van der Waals surface area contributed by atoms with Gasteiger partial charge < -0.3 is 9.67 Å². The number of carboxylic acid groups (broad SMARTS) is 1. The highest BCUT2D eigenvalue weighted by atomic mass is 32.1. The van der Waals surface area contributed by atoms with Gasteiger partial charge in [0.1, 0.15) is 0 Å². The summed E-state index contributed by atoms with van der Waals surface area (Å²) in [6.45, 7) is 6.27. The van der Waals surface area contributed by atoms with Crippen molar-refractivity contribution in [2.24, 2.45) is 0 Å². The van der Waals surface area contributed by atoms with E-state index in [1.54, 1.807) is 4.57 Å². The fourth-order valence-corrected chi connectivity index (χ4v) is 2.34. The zero-order valence-corrected chi connectivity index (χ0v) is 9.93. The molecule has 0 aliphatic heterocycles. The van der Waals surface area contributed by atoms with Crippen LogP contribution in [0, 0.1) is 0 Å². The fourth-order valence-electron chi connectivity index (χ4n) is 1.33. The Morgan fingerprint density at radius 3 is 2.60 bits per heavy atom. The average Bonchev–Trinajstić information content (AvgIpc) is 2.42. The summed E-state index contributed by atoms with van der Waals surface area (Å²) in [6.07, 6.45) is -0.0142. The third-order valence-electron chi connectivity index (χ3n) is 2.10. The molecular weight excluding hydrogens is 214 g/mol. The van der Waals surface area contributed by atoms with Gasteiger partial charge in [0.05, 0.1) is 6.42 Å². The van der Waals surface area contributed by atoms with Crippen LogP contribution in [0.3, 0.4) is 0 Å². The number of nitrogens with zero attached hydrogens (tertiary/aromatic N) is 1. The minimum absolute atomic E-state index is 0.0142. The summed E-state index contributed by atoms with van der Waals surface area (Å²) >= 11 is 1.12. The van der Waals surface area contributed by atoms with Crippen LogP contribution >= 0.6 is 11.3 Å². The Kier molecular flexibility index (Phi) is 3.34. The molecule has 0 aliphatic carbocycles. The maximum Gasteiger partial charge on any atom is 0.307 e. The van der Waals surface area contributed by atoms with E-state index in [1.165, 1.54) is 0 Å². The van der Waals surface area contributed by atoms with E-state index in [0.717, 1.165) is 17.0 Å². The van der Waals surface area contributed by atoms with Gasteiger partial charge in [0.2, 0.25) is 0 Å². The van der Waals surface area contributed by atoms with Crippen molar-refractivity contribution in [1.82, 2.24) is 4.57 Å². The molecule has 1 heterocycles. The molecule has 0 amide bonds. The number of hydrogen-bond donors (Lipinski definition) is 1. The van der Waals surface area contributed by atoms with Gasteiger partial charge in [-0.25, -0.2) is 0 Å². The molecule has 0 unspecified atom stereocenters. The lowest BCUT2D eigenvalue weighted by Gasteiger charge is -2.19. The lowest BCUT2D eigenvalue weighted by atomic mass is 9.93. The first-order valence-corrected chi connectivity index (χ1v) is 5.61. The van der Waals surface area contributed by atoms with Crippen molar-refractivity contribution >= 4 is 17.3 Å². The highest BCUT2D eigenvalue weighted by Gasteiger charge is 2.20. The van der Waals surface area contributed by atoms with Gasteiger partial charge in [-0.2, -0.15) is 0 Å². The number of aliphatic carboxylic acids is 1. The zero-order valence-electron chi connectivity index (χ0n) is 9.11. The standard InChI is InChI=1S/C10H15NO3S/c1-10(2,3)7-6-15-9(14)11(7)5-4-8(12)13/h6H,4-5H2,1-3H3,(H,12,13). The van der Waals surface area contributed by atoms with Crippen molar-refractivity contribution < 1.29 is 9.90 Å². The van der Waals surface area contributed by atoms with Crippen LogP contribution in [0.4, 0.5) is 0 Å². The van der Waals surface area contributed by atoms with Crippen molar-refractivity contribution in [3.63, 3.8) is 0 Å². The summed E-state index contributed by atoms with van der Waals surface area (Å²) in [7, 11) is 0. The second kappa shape index (κ2) is 4.18. The molecule has 0 saturated carbocycles. The van der Waals surface area contributed by atoms with Crippen LogP contribution in [-0.2, 0) is 16.8 Å². The Hall–Kier alpha value is -1.10. The Morgan fingerprint density at radius 1 is 1.53 bits per heavy atom. The summed E-state index contributed by atoms with van der Waals surface area (Å²) in [4.78, 5) is 21.9. The molecule has 15 heavy (non-hydrogen) atoms. The van der Waals surface area contributed by atoms with Crippen LogP contribution in [0.2, 0.25) is 0 Å². The molecule has 5 heteroatoms. The molecule has 0 atom stereocenters. The van der Waals surface area contributed by atoms with Gasteiger partial charge in [-0.3, -0.25) is 9.59 Å². The molecule has 1 aromatic heterocycles. The molecule has 4 nitrogen and oxygen atoms in total. The second-order valence-corrected chi connectivity index (χ2v) is 5.25. The Balaban J connectivity index is 3.00. The van der Waals surface area contributed by atoms with Crippen molar-refractivity contribution in [1.29, 1.82) is 0 Å². The first-order chi connectivity index (χ1) is 6.82. The van der Waals surface area contributed by atoms with E-state index in [4.69, 9.17) is 5.11 Å².